The SMILES string of the molecule is CN1C2=C(CC([N+](=O)[O-])C=C2)C(C)(C)\C1=C/C=C/C=C/C=C/C=C/C1=[N+](C)c2ccc([N+](=O)[O-])cc2C1(C)C. The molecule has 4 rings (SSSR count). The third kappa shape index (κ3) is 5.06. The van der Waals surface area contributed by atoms with Gasteiger partial charge in [0.15, 0.2) is 5.71 Å². The van der Waals surface area contributed by atoms with Gasteiger partial charge in [-0.15, -0.1) is 0 Å². The molecule has 1 aromatic rings. The van der Waals surface area contributed by atoms with Gasteiger partial charge in [-0.2, -0.15) is 4.58 Å². The van der Waals surface area contributed by atoms with Crippen molar-refractivity contribution in [1.29, 1.82) is 0 Å². The number of likely N-dealkylation sites (N-methyl/N-ethyl adjacent to an activating group) is 1. The molecule has 0 spiro atoms. The van der Waals surface area contributed by atoms with Crippen molar-refractivity contribution in [3.8, 4) is 0 Å². The van der Waals surface area contributed by atoms with Gasteiger partial charge in [-0.05, 0) is 37.6 Å². The molecule has 0 saturated carbocycles. The van der Waals surface area contributed by atoms with E-state index in [1.165, 1.54) is 0 Å². The van der Waals surface area contributed by atoms with Gasteiger partial charge in [-0.1, -0.05) is 56.4 Å². The van der Waals surface area contributed by atoms with Crippen molar-refractivity contribution in [3.05, 3.63) is 128 Å². The molecule has 202 valence electrons. The molecule has 0 aromatic heterocycles. The third-order valence-electron chi connectivity index (χ3n) is 7.99. The molecule has 1 atom stereocenters. The van der Waals surface area contributed by atoms with Crippen molar-refractivity contribution in [2.24, 2.45) is 5.41 Å². The topological polar surface area (TPSA) is 92.5 Å². The molecule has 0 N–H and O–H groups in total. The summed E-state index contributed by atoms with van der Waals surface area (Å²) in [5, 5.41) is 22.5. The van der Waals surface area contributed by atoms with Crippen LogP contribution in [-0.4, -0.2) is 45.2 Å². The van der Waals surface area contributed by atoms with Crippen molar-refractivity contribution in [3.63, 3.8) is 0 Å². The quantitative estimate of drug-likeness (QED) is 0.174. The first-order chi connectivity index (χ1) is 18.4. The van der Waals surface area contributed by atoms with Gasteiger partial charge >= 0.3 is 0 Å². The number of hydrogen-bond donors (Lipinski definition) is 0. The molecule has 1 unspecified atom stereocenters. The summed E-state index contributed by atoms with van der Waals surface area (Å²) in [6.07, 6.45) is 21.8. The predicted octanol–water partition coefficient (Wildman–Crippen LogP) is 6.54. The summed E-state index contributed by atoms with van der Waals surface area (Å²) in [6.45, 7) is 8.39. The lowest BCUT2D eigenvalue weighted by molar-refractivity contribution is -0.509. The number of fused-ring (bicyclic) bond motifs is 1. The number of allylic oxidation sites excluding steroid dienone is 11. The van der Waals surface area contributed by atoms with Gasteiger partial charge in [0, 0.05) is 65.0 Å². The van der Waals surface area contributed by atoms with E-state index in [0.717, 1.165) is 33.9 Å². The van der Waals surface area contributed by atoms with E-state index in [4.69, 9.17) is 0 Å². The normalized spacial score (nSPS) is 22.9. The van der Waals surface area contributed by atoms with Gasteiger partial charge in [0.05, 0.1) is 10.3 Å². The zero-order valence-corrected chi connectivity index (χ0v) is 23.3. The minimum Gasteiger partial charge on any atom is -0.347 e. The molecule has 1 aliphatic carbocycles. The summed E-state index contributed by atoms with van der Waals surface area (Å²) in [5.41, 5.74) is 5.75. The smallest absolute Gasteiger partial charge is 0.270 e. The summed E-state index contributed by atoms with van der Waals surface area (Å²) >= 11 is 0. The molecule has 2 heterocycles. The van der Waals surface area contributed by atoms with E-state index >= 15 is 0 Å². The molecule has 8 heteroatoms. The molecule has 2 aliphatic heterocycles. The van der Waals surface area contributed by atoms with Gasteiger partial charge in [-0.25, -0.2) is 0 Å². The maximum atomic E-state index is 11.3. The Hall–Kier alpha value is -4.33. The molecule has 1 aromatic carbocycles. The van der Waals surface area contributed by atoms with Gasteiger partial charge < -0.3 is 4.90 Å². The first-order valence-corrected chi connectivity index (χ1v) is 13.0. The van der Waals surface area contributed by atoms with Crippen molar-refractivity contribution in [2.75, 3.05) is 14.1 Å². The second kappa shape index (κ2) is 10.4. The molecule has 0 bridgehead atoms. The van der Waals surface area contributed by atoms with Crippen LogP contribution in [0.5, 0.6) is 0 Å². The second-order valence-corrected chi connectivity index (χ2v) is 11.1. The lowest BCUT2D eigenvalue weighted by Gasteiger charge is -2.26. The van der Waals surface area contributed by atoms with Crippen molar-refractivity contribution in [1.82, 2.24) is 4.90 Å². The van der Waals surface area contributed by atoms with E-state index in [1.807, 2.05) is 74.8 Å². The zero-order valence-electron chi connectivity index (χ0n) is 23.3. The van der Waals surface area contributed by atoms with Crippen LogP contribution in [0.15, 0.2) is 102 Å². The maximum Gasteiger partial charge on any atom is 0.270 e. The largest absolute Gasteiger partial charge is 0.347 e. The van der Waals surface area contributed by atoms with Crippen molar-refractivity contribution < 1.29 is 14.4 Å². The van der Waals surface area contributed by atoms with Gasteiger partial charge in [0.1, 0.15) is 7.05 Å². The lowest BCUT2D eigenvalue weighted by Crippen LogP contribution is -2.26. The van der Waals surface area contributed by atoms with Crippen LogP contribution >= 0.6 is 0 Å². The van der Waals surface area contributed by atoms with Gasteiger partial charge in [0.2, 0.25) is 11.7 Å². The Morgan fingerprint density at radius 1 is 0.974 bits per heavy atom. The second-order valence-electron chi connectivity index (χ2n) is 11.1. The van der Waals surface area contributed by atoms with Crippen LogP contribution in [0.1, 0.15) is 39.7 Å². The molecule has 0 radical (unpaired) electrons. The van der Waals surface area contributed by atoms with Crippen LogP contribution in [0.3, 0.4) is 0 Å². The van der Waals surface area contributed by atoms with E-state index < -0.39 is 6.04 Å². The molecule has 0 saturated heterocycles. The number of benzene rings is 1. The number of nitrogens with zero attached hydrogens (tertiary/aromatic N) is 4. The molecule has 0 amide bonds. The number of non-ortho nitro benzene ring substituents is 1. The number of nitro groups is 2. The summed E-state index contributed by atoms with van der Waals surface area (Å²) in [7, 11) is 3.99. The summed E-state index contributed by atoms with van der Waals surface area (Å²) < 4.78 is 2.08. The number of rotatable bonds is 7. The Kier molecular flexibility index (Phi) is 7.41. The first kappa shape index (κ1) is 27.7. The highest BCUT2D eigenvalue weighted by Crippen LogP contribution is 2.49. The Labute approximate surface area is 229 Å². The number of nitro benzene ring substituents is 1. The molecular formula is C31H35N4O4+. The zero-order chi connectivity index (χ0) is 28.5. The fraction of sp³-hybridized carbons (Fsp3) is 0.323. The van der Waals surface area contributed by atoms with E-state index in [1.54, 1.807) is 18.2 Å². The summed E-state index contributed by atoms with van der Waals surface area (Å²) in [6, 6.07) is 4.37. The molecular weight excluding hydrogens is 492 g/mol. The predicted molar refractivity (Wildman–Crippen MR) is 155 cm³/mol. The van der Waals surface area contributed by atoms with E-state index in [9.17, 15) is 20.2 Å². The van der Waals surface area contributed by atoms with E-state index in [-0.39, 0.29) is 26.4 Å². The van der Waals surface area contributed by atoms with Crippen molar-refractivity contribution in [2.45, 2.75) is 45.6 Å². The highest BCUT2D eigenvalue weighted by molar-refractivity contribution is 6.03. The average Bonchev–Trinajstić information content (AvgIpc) is 3.20. The Morgan fingerprint density at radius 2 is 1.62 bits per heavy atom. The standard InChI is InChI=1S/C31H35N4O4/c1-30(2)24-20-22(34(36)37)16-18-26(24)32(5)28(30)14-12-10-8-7-9-11-13-15-29-31(3,4)25-21-23(35(38)39)17-19-27(25)33(29)6/h7-20,23H,21H2,1-6H3/q+1. The van der Waals surface area contributed by atoms with Crippen LogP contribution in [0.2, 0.25) is 0 Å². The highest BCUT2D eigenvalue weighted by atomic mass is 16.6. The maximum absolute atomic E-state index is 11.3. The fourth-order valence-electron chi connectivity index (χ4n) is 5.79. The van der Waals surface area contributed by atoms with Crippen LogP contribution in [-0.2, 0) is 5.41 Å². The third-order valence-corrected chi connectivity index (χ3v) is 7.99. The Morgan fingerprint density at radius 3 is 2.26 bits per heavy atom. The Bertz CT molecular complexity index is 1460. The minimum atomic E-state index is -0.662. The average molecular weight is 528 g/mol. The molecule has 8 nitrogen and oxygen atoms in total. The first-order valence-electron chi connectivity index (χ1n) is 13.0. The molecule has 39 heavy (non-hydrogen) atoms. The highest BCUT2D eigenvalue weighted by Gasteiger charge is 2.44. The van der Waals surface area contributed by atoms with Crippen LogP contribution in [0, 0.1) is 25.6 Å². The van der Waals surface area contributed by atoms with E-state index in [2.05, 4.69) is 43.2 Å². The number of hydrogen-bond acceptors (Lipinski definition) is 5. The van der Waals surface area contributed by atoms with E-state index in [0.29, 0.717) is 6.42 Å². The summed E-state index contributed by atoms with van der Waals surface area (Å²) in [4.78, 5) is 24.1. The lowest BCUT2D eigenvalue weighted by atomic mass is 9.78. The monoisotopic (exact) mass is 527 g/mol. The molecule has 3 aliphatic rings. The van der Waals surface area contributed by atoms with Gasteiger partial charge in [-0.3, -0.25) is 20.2 Å². The molecule has 0 fully saturated rings. The minimum absolute atomic E-state index is 0.105. The van der Waals surface area contributed by atoms with Crippen LogP contribution in [0.4, 0.5) is 11.4 Å². The summed E-state index contributed by atoms with van der Waals surface area (Å²) in [5.74, 6) is 0. The van der Waals surface area contributed by atoms with Crippen LogP contribution in [0.25, 0.3) is 0 Å². The van der Waals surface area contributed by atoms with Gasteiger partial charge in [0.25, 0.3) is 5.69 Å². The Balaban J connectivity index is 1.38. The van der Waals surface area contributed by atoms with Crippen molar-refractivity contribution >= 4 is 17.1 Å². The van der Waals surface area contributed by atoms with Crippen LogP contribution < -0.4 is 0 Å². The fourth-order valence-corrected chi connectivity index (χ4v) is 5.79.